The second-order valence-corrected chi connectivity index (χ2v) is 9.32. The SMILES string of the molecule is CCCCn1c(N)c(N(CC(C)C)C(=O)CCc2c(C)nc3c(C(N)=O)cnn3c2C)c(=O)[nH]c1=O. The fourth-order valence-electron chi connectivity index (χ4n) is 4.27. The average molecular weight is 499 g/mol. The van der Waals surface area contributed by atoms with Crippen LogP contribution in [0.1, 0.15) is 67.3 Å². The third-order valence-corrected chi connectivity index (χ3v) is 6.13. The minimum atomic E-state index is -0.690. The van der Waals surface area contributed by atoms with Crippen molar-refractivity contribution in [1.82, 2.24) is 24.1 Å². The van der Waals surface area contributed by atoms with E-state index in [1.54, 1.807) is 6.92 Å². The Kier molecular flexibility index (Phi) is 7.96. The number of nitrogens with two attached hydrogens (primary N) is 2. The number of amides is 2. The lowest BCUT2D eigenvalue weighted by Crippen LogP contribution is -2.42. The van der Waals surface area contributed by atoms with Crippen LogP contribution < -0.4 is 27.6 Å². The first-order valence-corrected chi connectivity index (χ1v) is 12.0. The first-order valence-electron chi connectivity index (χ1n) is 12.0. The van der Waals surface area contributed by atoms with Crippen LogP contribution in [0, 0.1) is 19.8 Å². The summed E-state index contributed by atoms with van der Waals surface area (Å²) >= 11 is 0. The predicted octanol–water partition coefficient (Wildman–Crippen LogP) is 1.30. The molecule has 0 unspecified atom stereocenters. The van der Waals surface area contributed by atoms with Gasteiger partial charge in [0.15, 0.2) is 11.3 Å². The number of H-pyrrole nitrogens is 1. The van der Waals surface area contributed by atoms with Gasteiger partial charge in [0.2, 0.25) is 5.91 Å². The lowest BCUT2D eigenvalue weighted by Gasteiger charge is -2.26. The van der Waals surface area contributed by atoms with Crippen LogP contribution in [0.25, 0.3) is 5.65 Å². The van der Waals surface area contributed by atoms with Gasteiger partial charge in [-0.25, -0.2) is 14.3 Å². The van der Waals surface area contributed by atoms with Crippen LogP contribution in [-0.2, 0) is 17.8 Å². The number of carbonyl (C=O) groups is 2. The fourth-order valence-corrected chi connectivity index (χ4v) is 4.27. The van der Waals surface area contributed by atoms with Crippen molar-refractivity contribution < 1.29 is 9.59 Å². The number of aryl methyl sites for hydroxylation is 2. The van der Waals surface area contributed by atoms with Crippen LogP contribution in [0.2, 0.25) is 0 Å². The monoisotopic (exact) mass is 498 g/mol. The Balaban J connectivity index is 1.97. The van der Waals surface area contributed by atoms with Gasteiger partial charge < -0.3 is 16.4 Å². The summed E-state index contributed by atoms with van der Waals surface area (Å²) < 4.78 is 2.84. The van der Waals surface area contributed by atoms with E-state index >= 15 is 0 Å². The van der Waals surface area contributed by atoms with Crippen LogP contribution in [0.5, 0.6) is 0 Å². The molecule has 0 spiro atoms. The Morgan fingerprint density at radius 3 is 2.53 bits per heavy atom. The number of unbranched alkanes of at least 4 members (excludes halogenated alkanes) is 1. The Morgan fingerprint density at radius 2 is 1.92 bits per heavy atom. The van der Waals surface area contributed by atoms with Gasteiger partial charge in [-0.15, -0.1) is 0 Å². The summed E-state index contributed by atoms with van der Waals surface area (Å²) in [4.78, 5) is 58.5. The Bertz CT molecular complexity index is 1420. The highest BCUT2D eigenvalue weighted by Gasteiger charge is 2.25. The molecular formula is C24H34N8O4. The van der Waals surface area contributed by atoms with Gasteiger partial charge >= 0.3 is 5.69 Å². The summed E-state index contributed by atoms with van der Waals surface area (Å²) in [6.07, 6.45) is 3.31. The molecule has 0 saturated heterocycles. The number of nitrogen functional groups attached to an aromatic ring is 1. The summed E-state index contributed by atoms with van der Waals surface area (Å²) in [6.45, 7) is 10.1. The van der Waals surface area contributed by atoms with Crippen molar-refractivity contribution in [3.05, 3.63) is 49.5 Å². The van der Waals surface area contributed by atoms with Crippen LogP contribution in [0.15, 0.2) is 15.8 Å². The molecule has 0 saturated carbocycles. The number of nitrogens with one attached hydrogen (secondary N) is 1. The molecule has 3 rings (SSSR count). The van der Waals surface area contributed by atoms with E-state index in [1.807, 2.05) is 27.7 Å². The zero-order valence-electron chi connectivity index (χ0n) is 21.4. The van der Waals surface area contributed by atoms with E-state index in [4.69, 9.17) is 11.5 Å². The molecule has 0 aliphatic heterocycles. The topological polar surface area (TPSA) is 174 Å². The van der Waals surface area contributed by atoms with E-state index in [-0.39, 0.29) is 41.9 Å². The molecule has 0 atom stereocenters. The Hall–Kier alpha value is -3.96. The van der Waals surface area contributed by atoms with Gasteiger partial charge in [0, 0.05) is 30.9 Å². The summed E-state index contributed by atoms with van der Waals surface area (Å²) in [7, 11) is 0. The molecule has 0 aliphatic rings. The largest absolute Gasteiger partial charge is 0.383 e. The molecule has 0 radical (unpaired) electrons. The van der Waals surface area contributed by atoms with Crippen molar-refractivity contribution in [2.24, 2.45) is 11.7 Å². The van der Waals surface area contributed by atoms with E-state index < -0.39 is 17.2 Å². The minimum Gasteiger partial charge on any atom is -0.383 e. The number of fused-ring (bicyclic) bond motifs is 1. The molecule has 12 heteroatoms. The maximum absolute atomic E-state index is 13.5. The van der Waals surface area contributed by atoms with Gasteiger partial charge in [0.05, 0.1) is 6.20 Å². The summed E-state index contributed by atoms with van der Waals surface area (Å²) in [6, 6.07) is 0. The zero-order chi connectivity index (χ0) is 26.7. The summed E-state index contributed by atoms with van der Waals surface area (Å²) in [5, 5.41) is 4.22. The molecule has 5 N–H and O–H groups in total. The van der Waals surface area contributed by atoms with Gasteiger partial charge in [-0.05, 0) is 38.2 Å². The number of carbonyl (C=O) groups excluding carboxylic acids is 2. The third kappa shape index (κ3) is 5.16. The number of rotatable bonds is 10. The van der Waals surface area contributed by atoms with Gasteiger partial charge in [-0.3, -0.25) is 23.9 Å². The molecule has 194 valence electrons. The molecule has 0 fully saturated rings. The maximum Gasteiger partial charge on any atom is 0.330 e. The minimum absolute atomic E-state index is 0.00963. The fraction of sp³-hybridized carbons (Fsp3) is 0.500. The highest BCUT2D eigenvalue weighted by atomic mass is 16.2. The molecule has 2 amide bonds. The average Bonchev–Trinajstić information content (AvgIpc) is 3.21. The number of anilines is 2. The normalized spacial score (nSPS) is 11.4. The van der Waals surface area contributed by atoms with E-state index in [9.17, 15) is 19.2 Å². The molecule has 3 aromatic rings. The van der Waals surface area contributed by atoms with Crippen molar-refractivity contribution in [3.63, 3.8) is 0 Å². The number of hydrogen-bond donors (Lipinski definition) is 3. The predicted molar refractivity (Wildman–Crippen MR) is 137 cm³/mol. The quantitative estimate of drug-likeness (QED) is 0.377. The van der Waals surface area contributed by atoms with Crippen LogP contribution in [0.3, 0.4) is 0 Å². The van der Waals surface area contributed by atoms with E-state index in [0.29, 0.717) is 30.7 Å². The van der Waals surface area contributed by atoms with E-state index in [0.717, 1.165) is 17.7 Å². The van der Waals surface area contributed by atoms with E-state index in [2.05, 4.69) is 15.1 Å². The second kappa shape index (κ2) is 10.8. The molecule has 12 nitrogen and oxygen atoms in total. The molecule has 3 heterocycles. The number of aromatic nitrogens is 5. The summed E-state index contributed by atoms with van der Waals surface area (Å²) in [5.74, 6) is -0.899. The van der Waals surface area contributed by atoms with Crippen molar-refractivity contribution in [2.45, 2.75) is 66.8 Å². The second-order valence-electron chi connectivity index (χ2n) is 9.32. The highest BCUT2D eigenvalue weighted by Crippen LogP contribution is 2.22. The van der Waals surface area contributed by atoms with Gasteiger partial charge in [-0.2, -0.15) is 5.10 Å². The Labute approximate surface area is 208 Å². The van der Waals surface area contributed by atoms with Gasteiger partial charge in [-0.1, -0.05) is 27.2 Å². The molecule has 3 aromatic heterocycles. The molecular weight excluding hydrogens is 464 g/mol. The number of nitrogens with zero attached hydrogens (tertiary/aromatic N) is 5. The van der Waals surface area contributed by atoms with Gasteiger partial charge in [0.25, 0.3) is 11.5 Å². The lowest BCUT2D eigenvalue weighted by molar-refractivity contribution is -0.118. The lowest BCUT2D eigenvalue weighted by atomic mass is 10.1. The highest BCUT2D eigenvalue weighted by molar-refractivity contribution is 5.98. The molecule has 0 aliphatic carbocycles. The van der Waals surface area contributed by atoms with E-state index in [1.165, 1.54) is 20.2 Å². The number of primary amides is 1. The zero-order valence-corrected chi connectivity index (χ0v) is 21.4. The summed E-state index contributed by atoms with van der Waals surface area (Å²) in [5.41, 5.74) is 13.2. The van der Waals surface area contributed by atoms with Crippen LogP contribution >= 0.6 is 0 Å². The standard InChI is InChI=1S/C24H34N8O4/c1-6-7-10-30-20(25)19(23(35)29-24(30)36)31(12-13(2)3)18(33)9-8-16-14(4)28-22-17(21(26)34)11-27-32(22)15(16)5/h11,13H,6-10,12,25H2,1-5H3,(H2,26,34)(H,29,35,36). The molecule has 0 bridgehead atoms. The van der Waals surface area contributed by atoms with Crippen LogP contribution in [0.4, 0.5) is 11.5 Å². The Morgan fingerprint density at radius 1 is 1.22 bits per heavy atom. The van der Waals surface area contributed by atoms with Crippen molar-refractivity contribution in [2.75, 3.05) is 17.2 Å². The molecule has 36 heavy (non-hydrogen) atoms. The molecule has 0 aromatic carbocycles. The van der Waals surface area contributed by atoms with Gasteiger partial charge in [0.1, 0.15) is 11.4 Å². The smallest absolute Gasteiger partial charge is 0.330 e. The first kappa shape index (κ1) is 26.6. The van der Waals surface area contributed by atoms with Crippen LogP contribution in [-0.4, -0.2) is 42.5 Å². The van der Waals surface area contributed by atoms with Crippen molar-refractivity contribution >= 4 is 29.0 Å². The number of aromatic amines is 1. The maximum atomic E-state index is 13.5. The first-order chi connectivity index (χ1) is 17.0. The van der Waals surface area contributed by atoms with Crippen molar-refractivity contribution in [3.8, 4) is 0 Å². The third-order valence-electron chi connectivity index (χ3n) is 6.13. The van der Waals surface area contributed by atoms with Crippen molar-refractivity contribution in [1.29, 1.82) is 0 Å². The number of hydrogen-bond acceptors (Lipinski definition) is 7.